The summed E-state index contributed by atoms with van der Waals surface area (Å²) in [6.45, 7) is 11.5. The van der Waals surface area contributed by atoms with Crippen molar-refractivity contribution in [2.24, 2.45) is 5.41 Å². The molecule has 0 N–H and O–H groups in total. The highest BCUT2D eigenvalue weighted by atomic mass is 79.9. The first kappa shape index (κ1) is 17.0. The predicted octanol–water partition coefficient (Wildman–Crippen LogP) is 4.88. The molecule has 1 nitrogen and oxygen atoms in total. The van der Waals surface area contributed by atoms with Gasteiger partial charge in [-0.1, -0.05) is 52.9 Å². The van der Waals surface area contributed by atoms with Gasteiger partial charge in [-0.05, 0) is 51.1 Å². The van der Waals surface area contributed by atoms with E-state index in [2.05, 4.69) is 90.7 Å². The van der Waals surface area contributed by atoms with Crippen LogP contribution in [0.1, 0.15) is 33.3 Å². The molecule has 0 bridgehead atoms. The van der Waals surface area contributed by atoms with Crippen LogP contribution in [-0.2, 0) is 6.54 Å². The second kappa shape index (κ2) is 8.29. The predicted molar refractivity (Wildman–Crippen MR) is 91.5 cm³/mol. The van der Waals surface area contributed by atoms with Crippen molar-refractivity contribution in [3.63, 3.8) is 0 Å². The molecule has 20 heavy (non-hydrogen) atoms. The zero-order valence-electron chi connectivity index (χ0n) is 12.9. The Hall–Kier alpha value is -1.04. The summed E-state index contributed by atoms with van der Waals surface area (Å²) >= 11 is 3.51. The smallest absolute Gasteiger partial charge is 0.0237 e. The largest absolute Gasteiger partial charge is 0.296 e. The molecule has 0 heterocycles. The van der Waals surface area contributed by atoms with Gasteiger partial charge in [-0.25, -0.2) is 0 Å². The van der Waals surface area contributed by atoms with Crippen molar-refractivity contribution in [2.45, 2.75) is 34.2 Å². The Morgan fingerprint density at radius 2 is 2.05 bits per heavy atom. The fourth-order valence-electron chi connectivity index (χ4n) is 1.72. The molecule has 0 saturated heterocycles. The van der Waals surface area contributed by atoms with Gasteiger partial charge >= 0.3 is 0 Å². The molecular weight excluding hydrogens is 310 g/mol. The van der Waals surface area contributed by atoms with Crippen LogP contribution in [0.3, 0.4) is 0 Å². The maximum atomic E-state index is 3.51. The van der Waals surface area contributed by atoms with Crippen LogP contribution in [0.25, 0.3) is 0 Å². The molecule has 0 fully saturated rings. The average molecular weight is 334 g/mol. The number of allylic oxidation sites excluding steroid dienone is 1. The fraction of sp³-hybridized carbons (Fsp3) is 0.444. The van der Waals surface area contributed by atoms with Crippen molar-refractivity contribution < 1.29 is 0 Å². The third kappa shape index (κ3) is 7.53. The van der Waals surface area contributed by atoms with Crippen LogP contribution in [0, 0.1) is 17.3 Å². The van der Waals surface area contributed by atoms with Crippen molar-refractivity contribution in [3.05, 3.63) is 46.5 Å². The average Bonchev–Trinajstić information content (AvgIpc) is 2.35. The lowest BCUT2D eigenvalue weighted by atomic mass is 9.98. The van der Waals surface area contributed by atoms with Crippen LogP contribution in [0.5, 0.6) is 0 Å². The van der Waals surface area contributed by atoms with Crippen molar-refractivity contribution in [1.29, 1.82) is 0 Å². The minimum atomic E-state index is 0.0745. The highest BCUT2D eigenvalue weighted by Gasteiger charge is 2.03. The molecule has 0 radical (unpaired) electrons. The summed E-state index contributed by atoms with van der Waals surface area (Å²) in [6.07, 6.45) is 4.11. The quantitative estimate of drug-likeness (QED) is 0.694. The van der Waals surface area contributed by atoms with Gasteiger partial charge < -0.3 is 0 Å². The SMILES string of the molecule is CCN(C/C=C/C#CC(C)(C)C)Cc1cccc(Br)c1. The summed E-state index contributed by atoms with van der Waals surface area (Å²) in [7, 11) is 0. The Labute approximate surface area is 132 Å². The van der Waals surface area contributed by atoms with Crippen LogP contribution in [-0.4, -0.2) is 18.0 Å². The summed E-state index contributed by atoms with van der Waals surface area (Å²) in [5.41, 5.74) is 1.40. The molecule has 0 atom stereocenters. The topological polar surface area (TPSA) is 3.24 Å². The molecule has 1 aromatic rings. The molecule has 0 aliphatic heterocycles. The minimum Gasteiger partial charge on any atom is -0.296 e. The molecular formula is C18H24BrN. The molecule has 0 amide bonds. The third-order valence-electron chi connectivity index (χ3n) is 2.75. The van der Waals surface area contributed by atoms with E-state index >= 15 is 0 Å². The van der Waals surface area contributed by atoms with Crippen molar-refractivity contribution in [2.75, 3.05) is 13.1 Å². The number of halogens is 1. The van der Waals surface area contributed by atoms with Crippen molar-refractivity contribution in [3.8, 4) is 11.8 Å². The Balaban J connectivity index is 2.51. The Kier molecular flexibility index (Phi) is 7.05. The number of hydrogen-bond acceptors (Lipinski definition) is 1. The van der Waals surface area contributed by atoms with Gasteiger partial charge in [0.2, 0.25) is 0 Å². The third-order valence-corrected chi connectivity index (χ3v) is 3.25. The van der Waals surface area contributed by atoms with E-state index in [0.29, 0.717) is 0 Å². The van der Waals surface area contributed by atoms with Crippen molar-refractivity contribution >= 4 is 15.9 Å². The molecule has 1 rings (SSSR count). The molecule has 0 aliphatic carbocycles. The lowest BCUT2D eigenvalue weighted by molar-refractivity contribution is 0.311. The Morgan fingerprint density at radius 1 is 1.30 bits per heavy atom. The molecule has 108 valence electrons. The van der Waals surface area contributed by atoms with Crippen LogP contribution >= 0.6 is 15.9 Å². The van der Waals surface area contributed by atoms with Gasteiger partial charge in [0.05, 0.1) is 0 Å². The maximum Gasteiger partial charge on any atom is 0.0237 e. The second-order valence-corrected chi connectivity index (χ2v) is 6.80. The van der Waals surface area contributed by atoms with E-state index in [1.807, 2.05) is 6.08 Å². The monoisotopic (exact) mass is 333 g/mol. The standard InChI is InChI=1S/C18H24BrN/c1-5-20(13-8-6-7-12-18(2,3)4)15-16-10-9-11-17(19)14-16/h6,8-11,14H,5,13,15H2,1-4H3/b8-6+. The first-order chi connectivity index (χ1) is 9.40. The van der Waals surface area contributed by atoms with E-state index in [-0.39, 0.29) is 5.41 Å². The van der Waals surface area contributed by atoms with E-state index < -0.39 is 0 Å². The van der Waals surface area contributed by atoms with Crippen LogP contribution in [0.2, 0.25) is 0 Å². The van der Waals surface area contributed by atoms with Gasteiger partial charge in [0, 0.05) is 23.0 Å². The zero-order chi connectivity index (χ0) is 15.0. The van der Waals surface area contributed by atoms with E-state index in [0.717, 1.165) is 24.1 Å². The van der Waals surface area contributed by atoms with Gasteiger partial charge in [0.1, 0.15) is 0 Å². The van der Waals surface area contributed by atoms with Gasteiger partial charge in [-0.2, -0.15) is 0 Å². The second-order valence-electron chi connectivity index (χ2n) is 5.88. The maximum absolute atomic E-state index is 3.51. The van der Waals surface area contributed by atoms with Gasteiger partial charge in [-0.3, -0.25) is 4.90 Å². The van der Waals surface area contributed by atoms with E-state index in [9.17, 15) is 0 Å². The highest BCUT2D eigenvalue weighted by molar-refractivity contribution is 9.10. The van der Waals surface area contributed by atoms with E-state index in [1.165, 1.54) is 5.56 Å². The molecule has 0 unspecified atom stereocenters. The zero-order valence-corrected chi connectivity index (χ0v) is 14.5. The summed E-state index contributed by atoms with van der Waals surface area (Å²) in [5, 5.41) is 0. The molecule has 0 aliphatic rings. The molecule has 0 saturated carbocycles. The molecule has 1 aromatic carbocycles. The van der Waals surface area contributed by atoms with Crippen LogP contribution < -0.4 is 0 Å². The summed E-state index contributed by atoms with van der Waals surface area (Å²) < 4.78 is 1.14. The fourth-order valence-corrected chi connectivity index (χ4v) is 2.16. The number of likely N-dealkylation sites (N-methyl/N-ethyl adjacent to an activating group) is 1. The first-order valence-corrected chi connectivity index (χ1v) is 7.84. The molecule has 0 aromatic heterocycles. The van der Waals surface area contributed by atoms with Crippen LogP contribution in [0.4, 0.5) is 0 Å². The van der Waals surface area contributed by atoms with Crippen molar-refractivity contribution in [1.82, 2.24) is 4.90 Å². The number of benzene rings is 1. The number of hydrogen-bond donors (Lipinski definition) is 0. The Morgan fingerprint density at radius 3 is 2.65 bits per heavy atom. The van der Waals surface area contributed by atoms with Gasteiger partial charge in [0.25, 0.3) is 0 Å². The summed E-state index contributed by atoms with van der Waals surface area (Å²) in [6, 6.07) is 8.47. The normalized spacial score (nSPS) is 11.7. The molecule has 0 spiro atoms. The lowest BCUT2D eigenvalue weighted by Gasteiger charge is -2.18. The lowest BCUT2D eigenvalue weighted by Crippen LogP contribution is -2.22. The van der Waals surface area contributed by atoms with Crippen LogP contribution in [0.15, 0.2) is 40.9 Å². The first-order valence-electron chi connectivity index (χ1n) is 7.05. The minimum absolute atomic E-state index is 0.0745. The summed E-state index contributed by atoms with van der Waals surface area (Å²) in [4.78, 5) is 2.39. The number of rotatable bonds is 5. The van der Waals surface area contributed by atoms with E-state index in [1.54, 1.807) is 0 Å². The van der Waals surface area contributed by atoms with E-state index in [4.69, 9.17) is 0 Å². The highest BCUT2D eigenvalue weighted by Crippen LogP contribution is 2.13. The number of nitrogens with zero attached hydrogens (tertiary/aromatic N) is 1. The van der Waals surface area contributed by atoms with Gasteiger partial charge in [0.15, 0.2) is 0 Å². The Bertz CT molecular complexity index is 500. The van der Waals surface area contributed by atoms with Gasteiger partial charge in [-0.15, -0.1) is 0 Å². The summed E-state index contributed by atoms with van der Waals surface area (Å²) in [5.74, 6) is 6.32. The molecule has 2 heteroatoms.